The lowest BCUT2D eigenvalue weighted by Gasteiger charge is -2.32. The number of nitrogens with zero attached hydrogens (tertiary/aromatic N) is 1. The van der Waals surface area contributed by atoms with Crippen LogP contribution in [0, 0.1) is 0 Å². The summed E-state index contributed by atoms with van der Waals surface area (Å²) < 4.78 is 11.0. The number of carbonyl (C=O) groups excluding carboxylic acids is 2. The van der Waals surface area contributed by atoms with Gasteiger partial charge in [0.25, 0.3) is 11.8 Å². The number of methoxy groups -OCH3 is 1. The van der Waals surface area contributed by atoms with E-state index < -0.39 is 11.8 Å². The van der Waals surface area contributed by atoms with E-state index in [1.54, 1.807) is 12.1 Å². The van der Waals surface area contributed by atoms with Gasteiger partial charge in [-0.2, -0.15) is 0 Å². The first-order valence-electron chi connectivity index (χ1n) is 8.11. The summed E-state index contributed by atoms with van der Waals surface area (Å²) in [5.74, 6) is 9.73. The number of hydrazine groups is 2. The molecule has 26 heavy (non-hydrogen) atoms. The molecule has 0 bridgehead atoms. The number of ether oxygens (including phenoxy) is 2. The van der Waals surface area contributed by atoms with Crippen LogP contribution in [0.15, 0.2) is 24.3 Å². The molecule has 0 radical (unpaired) electrons. The molecule has 9 heteroatoms. The van der Waals surface area contributed by atoms with E-state index in [0.29, 0.717) is 31.7 Å². The van der Waals surface area contributed by atoms with Gasteiger partial charge in [0.15, 0.2) is 5.75 Å². The summed E-state index contributed by atoms with van der Waals surface area (Å²) >= 11 is 0. The minimum atomic E-state index is -0.638. The number of rotatable bonds is 4. The number of amides is 2. The molecule has 0 atom stereocenters. The third kappa shape index (κ3) is 2.92. The fourth-order valence-electron chi connectivity index (χ4n) is 3.29. The van der Waals surface area contributed by atoms with Gasteiger partial charge in [-0.3, -0.25) is 20.4 Å². The SMILES string of the molecule is COc1c(C(=O)NN)c(C(=O)NN)c2ccccc2c1N1CCOCC1. The molecule has 138 valence electrons. The first-order chi connectivity index (χ1) is 12.6. The molecule has 1 fully saturated rings. The number of hydrogen-bond donors (Lipinski definition) is 4. The van der Waals surface area contributed by atoms with Crippen molar-refractivity contribution in [3.05, 3.63) is 35.4 Å². The largest absolute Gasteiger partial charge is 0.494 e. The summed E-state index contributed by atoms with van der Waals surface area (Å²) in [7, 11) is 1.45. The Morgan fingerprint density at radius 3 is 2.19 bits per heavy atom. The zero-order valence-electron chi connectivity index (χ0n) is 14.4. The van der Waals surface area contributed by atoms with Crippen LogP contribution in [0.4, 0.5) is 5.69 Å². The summed E-state index contributed by atoms with van der Waals surface area (Å²) in [6.07, 6.45) is 0. The zero-order chi connectivity index (χ0) is 18.7. The van der Waals surface area contributed by atoms with Gasteiger partial charge in [0.05, 0.1) is 37.1 Å². The van der Waals surface area contributed by atoms with Gasteiger partial charge in [-0.05, 0) is 5.39 Å². The van der Waals surface area contributed by atoms with Gasteiger partial charge in [0, 0.05) is 18.5 Å². The molecule has 1 heterocycles. The minimum absolute atomic E-state index is 0.0399. The van der Waals surface area contributed by atoms with Crippen molar-refractivity contribution in [1.29, 1.82) is 0 Å². The van der Waals surface area contributed by atoms with Gasteiger partial charge in [-0.15, -0.1) is 0 Å². The van der Waals surface area contributed by atoms with E-state index in [1.807, 2.05) is 12.1 Å². The normalized spacial score (nSPS) is 14.2. The number of nitrogen functional groups attached to an aromatic ring is 2. The molecule has 0 aliphatic carbocycles. The maximum atomic E-state index is 12.5. The minimum Gasteiger partial charge on any atom is -0.494 e. The van der Waals surface area contributed by atoms with Crippen LogP contribution >= 0.6 is 0 Å². The molecular formula is C17H21N5O4. The lowest BCUT2D eigenvalue weighted by Crippen LogP contribution is -2.39. The Labute approximate surface area is 150 Å². The van der Waals surface area contributed by atoms with E-state index in [0.717, 1.165) is 11.1 Å². The molecular weight excluding hydrogens is 338 g/mol. The van der Waals surface area contributed by atoms with Crippen LogP contribution in [0.5, 0.6) is 5.75 Å². The fourth-order valence-corrected chi connectivity index (χ4v) is 3.29. The molecule has 0 saturated carbocycles. The smallest absolute Gasteiger partial charge is 0.269 e. The lowest BCUT2D eigenvalue weighted by molar-refractivity contribution is 0.0918. The number of nitrogens with two attached hydrogens (primary N) is 2. The second-order valence-corrected chi connectivity index (χ2v) is 5.72. The Kier molecular flexibility index (Phi) is 5.21. The third-order valence-corrected chi connectivity index (χ3v) is 4.39. The van der Waals surface area contributed by atoms with Crippen LogP contribution in [0.1, 0.15) is 20.7 Å². The molecule has 1 saturated heterocycles. The average molecular weight is 359 g/mol. The molecule has 0 spiro atoms. The van der Waals surface area contributed by atoms with E-state index >= 15 is 0 Å². The third-order valence-electron chi connectivity index (χ3n) is 4.39. The van der Waals surface area contributed by atoms with Crippen molar-refractivity contribution in [2.75, 3.05) is 38.3 Å². The van der Waals surface area contributed by atoms with Gasteiger partial charge in [-0.25, -0.2) is 11.7 Å². The maximum Gasteiger partial charge on any atom is 0.269 e. The standard InChI is InChI=1S/C17H21N5O4/c1-25-15-13(17(24)21-19)12(16(23)20-18)10-4-2-3-5-11(10)14(15)22-6-8-26-9-7-22/h2-5H,6-9,18-19H2,1H3,(H,20,23)(H,21,24). The first kappa shape index (κ1) is 17.9. The predicted molar refractivity (Wildman–Crippen MR) is 96.8 cm³/mol. The number of hydrogen-bond acceptors (Lipinski definition) is 7. The Balaban J connectivity index is 2.42. The van der Waals surface area contributed by atoms with Gasteiger partial charge >= 0.3 is 0 Å². The molecule has 6 N–H and O–H groups in total. The van der Waals surface area contributed by atoms with Crippen molar-refractivity contribution in [1.82, 2.24) is 10.9 Å². The number of carbonyl (C=O) groups is 2. The Morgan fingerprint density at radius 1 is 1.04 bits per heavy atom. The molecule has 1 aliphatic heterocycles. The van der Waals surface area contributed by atoms with Crippen LogP contribution in [-0.2, 0) is 4.74 Å². The van der Waals surface area contributed by atoms with Crippen molar-refractivity contribution in [2.45, 2.75) is 0 Å². The highest BCUT2D eigenvalue weighted by atomic mass is 16.5. The molecule has 3 rings (SSSR count). The summed E-state index contributed by atoms with van der Waals surface area (Å²) in [5, 5.41) is 1.36. The summed E-state index contributed by atoms with van der Waals surface area (Å²) in [6.45, 7) is 2.38. The van der Waals surface area contributed by atoms with Gasteiger partial charge in [-0.1, -0.05) is 24.3 Å². The number of nitrogens with one attached hydrogen (secondary N) is 2. The molecule has 0 unspecified atom stereocenters. The molecule has 2 amide bonds. The number of anilines is 1. The van der Waals surface area contributed by atoms with Gasteiger partial charge in [0.2, 0.25) is 0 Å². The Hall–Kier alpha value is -2.88. The van der Waals surface area contributed by atoms with Crippen molar-refractivity contribution >= 4 is 28.3 Å². The Bertz CT molecular complexity index is 849. The van der Waals surface area contributed by atoms with Crippen LogP contribution in [0.25, 0.3) is 10.8 Å². The zero-order valence-corrected chi connectivity index (χ0v) is 14.4. The maximum absolute atomic E-state index is 12.5. The molecule has 2 aromatic carbocycles. The predicted octanol–water partition coefficient (Wildman–Crippen LogP) is -0.108. The first-order valence-corrected chi connectivity index (χ1v) is 8.11. The summed E-state index contributed by atoms with van der Waals surface area (Å²) in [6, 6.07) is 7.28. The van der Waals surface area contributed by atoms with Crippen molar-refractivity contribution < 1.29 is 19.1 Å². The number of morpholine rings is 1. The monoisotopic (exact) mass is 359 g/mol. The highest BCUT2D eigenvalue weighted by Crippen LogP contribution is 2.42. The van der Waals surface area contributed by atoms with Crippen LogP contribution in [0.2, 0.25) is 0 Å². The summed E-state index contributed by atoms with van der Waals surface area (Å²) in [5.41, 5.74) is 5.05. The van der Waals surface area contributed by atoms with Gasteiger partial charge in [0.1, 0.15) is 0 Å². The highest BCUT2D eigenvalue weighted by Gasteiger charge is 2.30. The number of benzene rings is 2. The average Bonchev–Trinajstić information content (AvgIpc) is 2.71. The summed E-state index contributed by atoms with van der Waals surface area (Å²) in [4.78, 5) is 27.1. The molecule has 0 aromatic heterocycles. The quantitative estimate of drug-likeness (QED) is 0.340. The Morgan fingerprint density at radius 2 is 1.62 bits per heavy atom. The second kappa shape index (κ2) is 7.56. The van der Waals surface area contributed by atoms with Crippen molar-refractivity contribution in [2.24, 2.45) is 11.7 Å². The van der Waals surface area contributed by atoms with Crippen LogP contribution < -0.4 is 32.2 Å². The van der Waals surface area contributed by atoms with Crippen molar-refractivity contribution in [3.8, 4) is 5.75 Å². The molecule has 2 aromatic rings. The number of fused-ring (bicyclic) bond motifs is 1. The lowest BCUT2D eigenvalue weighted by atomic mass is 9.94. The van der Waals surface area contributed by atoms with Gasteiger partial charge < -0.3 is 14.4 Å². The van der Waals surface area contributed by atoms with E-state index in [4.69, 9.17) is 21.2 Å². The van der Waals surface area contributed by atoms with E-state index in [2.05, 4.69) is 15.8 Å². The van der Waals surface area contributed by atoms with E-state index in [9.17, 15) is 9.59 Å². The van der Waals surface area contributed by atoms with Crippen molar-refractivity contribution in [3.63, 3.8) is 0 Å². The van der Waals surface area contributed by atoms with E-state index in [1.165, 1.54) is 7.11 Å². The van der Waals surface area contributed by atoms with Crippen LogP contribution in [0.3, 0.4) is 0 Å². The fraction of sp³-hybridized carbons (Fsp3) is 0.294. The second-order valence-electron chi connectivity index (χ2n) is 5.72. The topological polar surface area (TPSA) is 132 Å². The van der Waals surface area contributed by atoms with Crippen LogP contribution in [-0.4, -0.2) is 45.2 Å². The highest BCUT2D eigenvalue weighted by molar-refractivity contribution is 6.20. The molecule has 9 nitrogen and oxygen atoms in total. The molecule has 1 aliphatic rings. The van der Waals surface area contributed by atoms with E-state index in [-0.39, 0.29) is 16.9 Å².